The zero-order chi connectivity index (χ0) is 27.9. The molecule has 3 heterocycles. The summed E-state index contributed by atoms with van der Waals surface area (Å²) >= 11 is 0. The summed E-state index contributed by atoms with van der Waals surface area (Å²) in [5, 5.41) is 22.3. The van der Waals surface area contributed by atoms with Gasteiger partial charge in [-0.25, -0.2) is 9.59 Å². The molecule has 39 heavy (non-hydrogen) atoms. The van der Waals surface area contributed by atoms with E-state index in [0.717, 1.165) is 50.6 Å². The molecule has 0 amide bonds. The lowest BCUT2D eigenvalue weighted by Crippen LogP contribution is -2.56. The number of carbonyl (C=O) groups is 2. The van der Waals surface area contributed by atoms with Crippen molar-refractivity contribution in [3.05, 3.63) is 35.1 Å². The zero-order valence-electron chi connectivity index (χ0n) is 23.1. The molecule has 1 spiro atoms. The number of methoxy groups -OCH3 is 2. The maximum atomic E-state index is 13.8. The highest BCUT2D eigenvalue weighted by molar-refractivity contribution is 5.89. The summed E-state index contributed by atoms with van der Waals surface area (Å²) in [6.07, 6.45) is 2.63. The fraction of sp³-hybridized carbons (Fsp3) is 0.655. The van der Waals surface area contributed by atoms with Crippen LogP contribution < -0.4 is 9.47 Å². The highest BCUT2D eigenvalue weighted by Gasteiger charge is 2.59. The summed E-state index contributed by atoms with van der Waals surface area (Å²) in [6.45, 7) is 5.90. The first-order chi connectivity index (χ1) is 18.6. The normalized spacial score (nSPS) is 27.5. The minimum Gasteiger partial charge on any atom is -0.497 e. The maximum Gasteiger partial charge on any atom is 0.342 e. The molecule has 0 saturated carbocycles. The van der Waals surface area contributed by atoms with Gasteiger partial charge in [-0.2, -0.15) is 0 Å². The van der Waals surface area contributed by atoms with E-state index in [0.29, 0.717) is 36.0 Å². The van der Waals surface area contributed by atoms with Gasteiger partial charge in [-0.05, 0) is 73.9 Å². The third-order valence-corrected chi connectivity index (χ3v) is 8.77. The van der Waals surface area contributed by atoms with Gasteiger partial charge in [0.1, 0.15) is 5.76 Å². The average molecular weight is 546 g/mol. The van der Waals surface area contributed by atoms with Gasteiger partial charge in [0, 0.05) is 6.54 Å². The van der Waals surface area contributed by atoms with Gasteiger partial charge in [0.15, 0.2) is 29.3 Å². The van der Waals surface area contributed by atoms with Crippen molar-refractivity contribution in [2.75, 3.05) is 34.1 Å². The largest absolute Gasteiger partial charge is 0.497 e. The Labute approximate surface area is 228 Å². The monoisotopic (exact) mass is 545 g/mol. The molecule has 10 nitrogen and oxygen atoms in total. The number of nitrogens with zero attached hydrogens (tertiary/aromatic N) is 1. The Kier molecular flexibility index (Phi) is 7.56. The first-order valence-corrected chi connectivity index (χ1v) is 13.8. The van der Waals surface area contributed by atoms with Crippen molar-refractivity contribution >= 4 is 11.9 Å². The van der Waals surface area contributed by atoms with Gasteiger partial charge in [-0.1, -0.05) is 20.3 Å². The summed E-state index contributed by atoms with van der Waals surface area (Å²) in [5.74, 6) is -0.412. The molecule has 0 aromatic heterocycles. The summed E-state index contributed by atoms with van der Waals surface area (Å²) < 4.78 is 27.9. The van der Waals surface area contributed by atoms with Crippen LogP contribution in [0.1, 0.15) is 63.0 Å². The van der Waals surface area contributed by atoms with E-state index >= 15 is 0 Å². The van der Waals surface area contributed by atoms with Crippen molar-refractivity contribution < 1.29 is 43.5 Å². The van der Waals surface area contributed by atoms with Crippen LogP contribution in [-0.4, -0.2) is 84.5 Å². The predicted molar refractivity (Wildman–Crippen MR) is 139 cm³/mol. The van der Waals surface area contributed by atoms with Gasteiger partial charge in [-0.15, -0.1) is 0 Å². The van der Waals surface area contributed by atoms with Crippen molar-refractivity contribution in [1.82, 2.24) is 4.90 Å². The second-order valence-electron chi connectivity index (χ2n) is 11.4. The Morgan fingerprint density at radius 1 is 1.21 bits per heavy atom. The van der Waals surface area contributed by atoms with Crippen molar-refractivity contribution in [3.63, 3.8) is 0 Å². The fourth-order valence-electron chi connectivity index (χ4n) is 6.75. The van der Waals surface area contributed by atoms with Gasteiger partial charge in [0.2, 0.25) is 6.79 Å². The molecule has 5 rings (SSSR count). The van der Waals surface area contributed by atoms with Crippen molar-refractivity contribution in [3.8, 4) is 11.5 Å². The van der Waals surface area contributed by atoms with Crippen LogP contribution in [0.25, 0.3) is 0 Å². The Balaban J connectivity index is 1.53. The van der Waals surface area contributed by atoms with E-state index in [-0.39, 0.29) is 19.1 Å². The van der Waals surface area contributed by atoms with Crippen LogP contribution in [0, 0.1) is 5.92 Å². The van der Waals surface area contributed by atoms with E-state index in [1.807, 2.05) is 26.0 Å². The van der Waals surface area contributed by atoms with Gasteiger partial charge >= 0.3 is 11.9 Å². The van der Waals surface area contributed by atoms with E-state index in [1.54, 1.807) is 0 Å². The van der Waals surface area contributed by atoms with E-state index in [9.17, 15) is 19.8 Å². The number of hydrogen-bond acceptors (Lipinski definition) is 10. The lowest BCUT2D eigenvalue weighted by atomic mass is 9.77. The Hall–Kier alpha value is -2.82. The molecule has 0 bridgehead atoms. The SMILES string of the molecule is COC(=O)[C@@H](O)[C@](O)(CCCC(C)C)C(=O)O[C@@H]1C(OC)=C[C@]23CCCN2CCc2cc4c(cc2[C@@H]13)OCO4. The van der Waals surface area contributed by atoms with Crippen LogP contribution in [0.15, 0.2) is 24.0 Å². The molecular formula is C29H39NO9. The van der Waals surface area contributed by atoms with Crippen LogP contribution in [0.2, 0.25) is 0 Å². The molecule has 1 fully saturated rings. The van der Waals surface area contributed by atoms with E-state index in [2.05, 4.69) is 15.7 Å². The standard InChI is InChI=1S/C29H39NO9/c1-17(2)7-5-10-29(34,25(31)26(32)36-4)27(33)39-24-22(35-3)15-28-9-6-11-30(28)12-8-18-13-20-21(38-16-37-20)14-19(18)23(24)28/h13-15,17,23-25,31,34H,5-12,16H2,1-4H3/t23-,24+,25+,28-,29+/m0/s1. The van der Waals surface area contributed by atoms with Crippen molar-refractivity contribution in [2.24, 2.45) is 5.92 Å². The fourth-order valence-corrected chi connectivity index (χ4v) is 6.75. The van der Waals surface area contributed by atoms with E-state index in [1.165, 1.54) is 7.11 Å². The number of hydrogen-bond donors (Lipinski definition) is 2. The predicted octanol–water partition coefficient (Wildman–Crippen LogP) is 2.44. The Morgan fingerprint density at radius 3 is 2.64 bits per heavy atom. The van der Waals surface area contributed by atoms with Crippen LogP contribution >= 0.6 is 0 Å². The van der Waals surface area contributed by atoms with Gasteiger partial charge in [-0.3, -0.25) is 4.90 Å². The second kappa shape index (κ2) is 10.6. The lowest BCUT2D eigenvalue weighted by molar-refractivity contribution is -0.195. The van der Waals surface area contributed by atoms with Crippen LogP contribution in [-0.2, 0) is 30.2 Å². The van der Waals surface area contributed by atoms with Crippen LogP contribution in [0.4, 0.5) is 0 Å². The van der Waals surface area contributed by atoms with Crippen LogP contribution in [0.5, 0.6) is 11.5 Å². The molecular weight excluding hydrogens is 506 g/mol. The van der Waals surface area contributed by atoms with Crippen LogP contribution in [0.3, 0.4) is 0 Å². The van der Waals surface area contributed by atoms with Gasteiger partial charge < -0.3 is 33.9 Å². The molecule has 214 valence electrons. The second-order valence-corrected chi connectivity index (χ2v) is 11.4. The number of rotatable bonds is 9. The quantitative estimate of drug-likeness (QED) is 0.447. The minimum atomic E-state index is -2.48. The number of aliphatic hydroxyl groups is 2. The summed E-state index contributed by atoms with van der Waals surface area (Å²) in [7, 11) is 2.63. The molecule has 3 aliphatic heterocycles. The lowest BCUT2D eigenvalue weighted by Gasteiger charge is -2.40. The zero-order valence-corrected chi connectivity index (χ0v) is 23.1. The first kappa shape index (κ1) is 27.7. The van der Waals surface area contributed by atoms with E-state index in [4.69, 9.17) is 18.9 Å². The summed E-state index contributed by atoms with van der Waals surface area (Å²) in [5.41, 5.74) is -0.881. The molecule has 1 aromatic carbocycles. The third kappa shape index (κ3) is 4.66. The number of ether oxygens (including phenoxy) is 5. The number of aliphatic hydroxyl groups excluding tert-OH is 1. The first-order valence-electron chi connectivity index (χ1n) is 13.8. The van der Waals surface area contributed by atoms with Crippen molar-refractivity contribution in [2.45, 2.75) is 81.6 Å². The smallest absolute Gasteiger partial charge is 0.342 e. The maximum absolute atomic E-state index is 13.8. The molecule has 0 radical (unpaired) electrons. The van der Waals surface area contributed by atoms with E-state index < -0.39 is 35.3 Å². The molecule has 10 heteroatoms. The molecule has 0 unspecified atom stereocenters. The number of esters is 2. The highest BCUT2D eigenvalue weighted by Crippen LogP contribution is 2.55. The highest BCUT2D eigenvalue weighted by atomic mass is 16.7. The Morgan fingerprint density at radius 2 is 1.95 bits per heavy atom. The number of carbonyl (C=O) groups excluding carboxylic acids is 2. The molecule has 2 N–H and O–H groups in total. The Bertz CT molecular complexity index is 1150. The third-order valence-electron chi connectivity index (χ3n) is 8.77. The van der Waals surface area contributed by atoms with Gasteiger partial charge in [0.05, 0.1) is 25.7 Å². The topological polar surface area (TPSA) is 124 Å². The number of benzene rings is 1. The molecule has 1 aromatic rings. The molecule has 5 atom stereocenters. The number of fused-ring (bicyclic) bond motifs is 3. The minimum absolute atomic E-state index is 0.148. The molecule has 1 aliphatic carbocycles. The van der Waals surface area contributed by atoms with Crippen molar-refractivity contribution in [1.29, 1.82) is 0 Å². The molecule has 4 aliphatic rings. The van der Waals surface area contributed by atoms with Gasteiger partial charge in [0.25, 0.3) is 0 Å². The summed E-state index contributed by atoms with van der Waals surface area (Å²) in [6, 6.07) is 3.97. The average Bonchev–Trinajstić information content (AvgIpc) is 3.60. The molecule has 1 saturated heterocycles. The summed E-state index contributed by atoms with van der Waals surface area (Å²) in [4.78, 5) is 28.5.